The number of rotatable bonds is 0. The minimum atomic E-state index is -0.696. The van der Waals surface area contributed by atoms with E-state index in [1.54, 1.807) is 0 Å². The van der Waals surface area contributed by atoms with Crippen LogP contribution in [0.5, 0.6) is 0 Å². The molecular weight excluding hydrogens is 424 g/mol. The Balaban J connectivity index is 1.35. The highest BCUT2D eigenvalue weighted by Gasteiger charge is 2.76. The molecule has 2 heterocycles. The molecule has 0 N–H and O–H groups in total. The van der Waals surface area contributed by atoms with E-state index in [1.807, 2.05) is 6.92 Å². The third-order valence-corrected chi connectivity index (χ3v) is 13.4. The SMILES string of the molecule is C[C@@H]1C[C@]2(C[C@@H](C)[C@@]3(CC[C@@]4(C)[C@H]5CC[C@H]6C(C)(C)C(=O)CC[C@]6(C)[C@@H]5CC[C@@]43C)O2)OC1=O. The van der Waals surface area contributed by atoms with E-state index in [0.29, 0.717) is 35.9 Å². The lowest BCUT2D eigenvalue weighted by Gasteiger charge is -2.67. The first-order valence-corrected chi connectivity index (χ1v) is 14.2. The van der Waals surface area contributed by atoms with Gasteiger partial charge in [-0.3, -0.25) is 9.59 Å². The highest BCUT2D eigenvalue weighted by Crippen LogP contribution is 2.77. The van der Waals surface area contributed by atoms with E-state index < -0.39 is 5.79 Å². The lowest BCUT2D eigenvalue weighted by molar-refractivity contribution is -0.270. The summed E-state index contributed by atoms with van der Waals surface area (Å²) in [7, 11) is 0. The average Bonchev–Trinajstić information content (AvgIpc) is 3.28. The maximum Gasteiger partial charge on any atom is 0.311 e. The monoisotopic (exact) mass is 470 g/mol. The zero-order chi connectivity index (χ0) is 24.5. The van der Waals surface area contributed by atoms with Gasteiger partial charge in [0.05, 0.1) is 11.5 Å². The van der Waals surface area contributed by atoms with Crippen molar-refractivity contribution in [2.24, 2.45) is 51.2 Å². The normalized spacial score (nSPS) is 58.0. The lowest BCUT2D eigenvalue weighted by Crippen LogP contribution is -2.63. The molecule has 0 aromatic rings. The number of Topliss-reactive ketones (excluding diaryl/α,β-unsaturated/α-hetero) is 1. The van der Waals surface area contributed by atoms with E-state index in [2.05, 4.69) is 41.5 Å². The van der Waals surface area contributed by atoms with Gasteiger partial charge in [0.2, 0.25) is 5.79 Å². The molecule has 34 heavy (non-hydrogen) atoms. The van der Waals surface area contributed by atoms with Crippen LogP contribution >= 0.6 is 0 Å². The lowest BCUT2D eigenvalue weighted by atomic mass is 9.38. The van der Waals surface area contributed by atoms with Crippen molar-refractivity contribution in [3.8, 4) is 0 Å². The number of carbonyl (C=O) groups excluding carboxylic acids is 2. The number of hydrogen-bond acceptors (Lipinski definition) is 4. The molecule has 4 nitrogen and oxygen atoms in total. The fraction of sp³-hybridized carbons (Fsp3) is 0.933. The van der Waals surface area contributed by atoms with Gasteiger partial charge in [0.25, 0.3) is 0 Å². The molecule has 0 amide bonds. The van der Waals surface area contributed by atoms with Crippen molar-refractivity contribution in [3.05, 3.63) is 0 Å². The van der Waals surface area contributed by atoms with E-state index in [0.717, 1.165) is 25.7 Å². The standard InChI is InChI=1S/C30H46O4/c1-18-16-29(33-24(18)32)17-19(2)30(34-29)15-14-27(6)21-8-9-22-25(3,4)23(31)11-12-26(22,5)20(21)10-13-28(27,30)7/h18-22H,8-17H2,1-7H3/t18-,19-,20-,21+,22+,26-,27+,28+,29+,30-/m1/s1. The molecule has 2 saturated heterocycles. The second kappa shape index (κ2) is 6.69. The van der Waals surface area contributed by atoms with Crippen molar-refractivity contribution in [2.75, 3.05) is 0 Å². The molecule has 6 fully saturated rings. The number of ether oxygens (including phenoxy) is 2. The van der Waals surface area contributed by atoms with E-state index in [-0.39, 0.29) is 39.1 Å². The van der Waals surface area contributed by atoms with Gasteiger partial charge in [-0.15, -0.1) is 0 Å². The highest BCUT2D eigenvalue weighted by atomic mass is 16.7. The summed E-state index contributed by atoms with van der Waals surface area (Å²) in [5, 5.41) is 0. The van der Waals surface area contributed by atoms with Crippen molar-refractivity contribution >= 4 is 11.8 Å². The van der Waals surface area contributed by atoms with Gasteiger partial charge < -0.3 is 9.47 Å². The fourth-order valence-electron chi connectivity index (χ4n) is 11.5. The van der Waals surface area contributed by atoms with Gasteiger partial charge >= 0.3 is 5.97 Å². The van der Waals surface area contributed by atoms with Crippen LogP contribution in [0.3, 0.4) is 0 Å². The molecule has 0 unspecified atom stereocenters. The van der Waals surface area contributed by atoms with Gasteiger partial charge in [0.1, 0.15) is 5.78 Å². The first kappa shape index (κ1) is 23.5. The third-order valence-electron chi connectivity index (χ3n) is 13.4. The van der Waals surface area contributed by atoms with Crippen molar-refractivity contribution in [3.63, 3.8) is 0 Å². The number of ketones is 1. The van der Waals surface area contributed by atoms with Gasteiger partial charge in [-0.1, -0.05) is 48.5 Å². The van der Waals surface area contributed by atoms with Crippen LogP contribution in [-0.2, 0) is 19.1 Å². The Labute approximate surface area is 206 Å². The van der Waals surface area contributed by atoms with Crippen molar-refractivity contribution in [1.82, 2.24) is 0 Å². The van der Waals surface area contributed by atoms with Crippen LogP contribution in [0.25, 0.3) is 0 Å². The molecule has 2 aliphatic heterocycles. The maximum atomic E-state index is 12.9. The Morgan fingerprint density at radius 3 is 2.24 bits per heavy atom. The van der Waals surface area contributed by atoms with E-state index in [1.165, 1.54) is 32.1 Å². The Hall–Kier alpha value is -0.900. The number of hydrogen-bond donors (Lipinski definition) is 0. The van der Waals surface area contributed by atoms with Crippen LogP contribution in [0, 0.1) is 51.2 Å². The minimum absolute atomic E-state index is 0.0636. The molecular formula is C30H46O4. The summed E-state index contributed by atoms with van der Waals surface area (Å²) in [5.74, 6) is 1.93. The number of carbonyl (C=O) groups is 2. The second-order valence-corrected chi connectivity index (χ2v) is 14.8. The molecule has 6 aliphatic rings. The van der Waals surface area contributed by atoms with Gasteiger partial charge in [-0.25, -0.2) is 0 Å². The number of esters is 1. The zero-order valence-electron chi connectivity index (χ0n) is 22.6. The molecule has 10 atom stereocenters. The van der Waals surface area contributed by atoms with Crippen molar-refractivity contribution in [1.29, 1.82) is 0 Å². The molecule has 4 saturated carbocycles. The Morgan fingerprint density at radius 1 is 0.824 bits per heavy atom. The summed E-state index contributed by atoms with van der Waals surface area (Å²) in [6.45, 7) is 16.5. The highest BCUT2D eigenvalue weighted by molar-refractivity contribution is 5.85. The molecule has 190 valence electrons. The van der Waals surface area contributed by atoms with Crippen molar-refractivity contribution in [2.45, 2.75) is 124 Å². The van der Waals surface area contributed by atoms with Crippen molar-refractivity contribution < 1.29 is 19.1 Å². The molecule has 0 aromatic heterocycles. The molecule has 2 spiro atoms. The topological polar surface area (TPSA) is 52.6 Å². The molecule has 0 bridgehead atoms. The molecule has 0 aromatic carbocycles. The van der Waals surface area contributed by atoms with E-state index >= 15 is 0 Å². The average molecular weight is 471 g/mol. The van der Waals surface area contributed by atoms with Gasteiger partial charge in [0.15, 0.2) is 0 Å². The Bertz CT molecular complexity index is 940. The van der Waals surface area contributed by atoms with Crippen LogP contribution in [0.4, 0.5) is 0 Å². The maximum absolute atomic E-state index is 12.9. The third kappa shape index (κ3) is 2.50. The largest absolute Gasteiger partial charge is 0.433 e. The smallest absolute Gasteiger partial charge is 0.311 e. The van der Waals surface area contributed by atoms with Crippen LogP contribution in [-0.4, -0.2) is 23.1 Å². The summed E-state index contributed by atoms with van der Waals surface area (Å²) in [6, 6.07) is 0. The quantitative estimate of drug-likeness (QED) is 0.370. The predicted octanol–water partition coefficient (Wildman–Crippen LogP) is 6.70. The first-order chi connectivity index (χ1) is 15.7. The Kier molecular flexibility index (Phi) is 4.63. The van der Waals surface area contributed by atoms with Gasteiger partial charge in [-0.2, -0.15) is 0 Å². The zero-order valence-corrected chi connectivity index (χ0v) is 22.6. The van der Waals surface area contributed by atoms with Crippen LogP contribution in [0.2, 0.25) is 0 Å². The summed E-state index contributed by atoms with van der Waals surface area (Å²) < 4.78 is 13.1. The number of fused-ring (bicyclic) bond motifs is 6. The van der Waals surface area contributed by atoms with Gasteiger partial charge in [0, 0.05) is 30.1 Å². The molecule has 4 heteroatoms. The summed E-state index contributed by atoms with van der Waals surface area (Å²) in [5.41, 5.74) is 0.195. The van der Waals surface area contributed by atoms with Crippen LogP contribution < -0.4 is 0 Å². The van der Waals surface area contributed by atoms with E-state index in [9.17, 15) is 9.59 Å². The second-order valence-electron chi connectivity index (χ2n) is 14.8. The molecule has 4 aliphatic carbocycles. The predicted molar refractivity (Wildman–Crippen MR) is 131 cm³/mol. The fourth-order valence-corrected chi connectivity index (χ4v) is 11.5. The summed E-state index contributed by atoms with van der Waals surface area (Å²) >= 11 is 0. The van der Waals surface area contributed by atoms with Gasteiger partial charge in [-0.05, 0) is 79.4 Å². The van der Waals surface area contributed by atoms with Crippen LogP contribution in [0.1, 0.15) is 113 Å². The van der Waals surface area contributed by atoms with Crippen LogP contribution in [0.15, 0.2) is 0 Å². The minimum Gasteiger partial charge on any atom is -0.433 e. The molecule has 6 rings (SSSR count). The Morgan fingerprint density at radius 2 is 1.56 bits per heavy atom. The summed E-state index contributed by atoms with van der Waals surface area (Å²) in [6.07, 6.45) is 10.5. The van der Waals surface area contributed by atoms with E-state index in [4.69, 9.17) is 9.47 Å². The first-order valence-electron chi connectivity index (χ1n) is 14.2. The summed E-state index contributed by atoms with van der Waals surface area (Å²) in [4.78, 5) is 25.3. The molecule has 0 radical (unpaired) electrons.